The lowest BCUT2D eigenvalue weighted by atomic mass is 9.91. The van der Waals surface area contributed by atoms with Gasteiger partial charge in [-0.05, 0) is 91.6 Å². The Balaban J connectivity index is 1.94. The molecule has 1 N–H and O–H groups in total. The average Bonchev–Trinajstić information content (AvgIpc) is 2.59. The molecule has 0 aliphatic carbocycles. The van der Waals surface area contributed by atoms with E-state index >= 15 is 0 Å². The molecule has 0 saturated heterocycles. The minimum atomic E-state index is 0.382. The molecule has 0 aromatic heterocycles. The molecule has 0 heterocycles. The summed E-state index contributed by atoms with van der Waals surface area (Å²) in [5.41, 5.74) is 11.5. The predicted octanol–water partition coefficient (Wildman–Crippen LogP) is 6.12. The molecule has 134 valence electrons. The van der Waals surface area contributed by atoms with Crippen molar-refractivity contribution < 1.29 is 5.11 Å². The summed E-state index contributed by atoms with van der Waals surface area (Å²) in [4.78, 5) is 0. The van der Waals surface area contributed by atoms with Crippen LogP contribution in [0.4, 0.5) is 0 Å². The van der Waals surface area contributed by atoms with Crippen LogP contribution in [-0.2, 0) is 12.8 Å². The zero-order chi connectivity index (χ0) is 18.8. The standard InChI is InChI=1S/C25H28O/c1-16-6-9-25(26)24(10-16)15-23-14-22(12-19(4)20(23)5)13-21-8-7-17(2)18(3)11-21/h6-12,14,26H,13,15H2,1-5H3. The Morgan fingerprint density at radius 2 is 1.35 bits per heavy atom. The number of phenols is 1. The van der Waals surface area contributed by atoms with Crippen LogP contribution in [0.5, 0.6) is 5.75 Å². The van der Waals surface area contributed by atoms with Crippen LogP contribution in [0.15, 0.2) is 48.5 Å². The van der Waals surface area contributed by atoms with Crippen molar-refractivity contribution >= 4 is 0 Å². The van der Waals surface area contributed by atoms with Crippen molar-refractivity contribution in [2.24, 2.45) is 0 Å². The number of aryl methyl sites for hydroxylation is 4. The zero-order valence-electron chi connectivity index (χ0n) is 16.5. The molecule has 1 heteroatoms. The Hall–Kier alpha value is -2.54. The van der Waals surface area contributed by atoms with Crippen LogP contribution in [0.1, 0.15) is 50.1 Å². The van der Waals surface area contributed by atoms with Crippen molar-refractivity contribution in [1.29, 1.82) is 0 Å². The summed E-state index contributed by atoms with van der Waals surface area (Å²) in [5.74, 6) is 0.382. The third kappa shape index (κ3) is 3.99. The van der Waals surface area contributed by atoms with Crippen LogP contribution in [0.3, 0.4) is 0 Å². The molecule has 26 heavy (non-hydrogen) atoms. The van der Waals surface area contributed by atoms with Gasteiger partial charge in [-0.1, -0.05) is 48.0 Å². The van der Waals surface area contributed by atoms with Crippen molar-refractivity contribution in [2.75, 3.05) is 0 Å². The van der Waals surface area contributed by atoms with Crippen LogP contribution in [0, 0.1) is 34.6 Å². The highest BCUT2D eigenvalue weighted by Gasteiger charge is 2.10. The molecule has 0 saturated carbocycles. The molecular formula is C25H28O. The quantitative estimate of drug-likeness (QED) is 0.605. The Bertz CT molecular complexity index is 951. The number of phenolic OH excluding ortho intramolecular Hbond substituents is 1. The van der Waals surface area contributed by atoms with E-state index in [1.807, 2.05) is 6.07 Å². The second-order valence-corrected chi connectivity index (χ2v) is 7.60. The molecule has 1 nitrogen and oxygen atoms in total. The molecular weight excluding hydrogens is 316 g/mol. The van der Waals surface area contributed by atoms with Gasteiger partial charge in [-0.25, -0.2) is 0 Å². The number of rotatable bonds is 4. The van der Waals surface area contributed by atoms with Gasteiger partial charge in [0.25, 0.3) is 0 Å². The number of aromatic hydroxyl groups is 1. The highest BCUT2D eigenvalue weighted by Crippen LogP contribution is 2.26. The van der Waals surface area contributed by atoms with Crippen LogP contribution in [0.2, 0.25) is 0 Å². The minimum absolute atomic E-state index is 0.382. The lowest BCUT2D eigenvalue weighted by Crippen LogP contribution is -1.99. The second-order valence-electron chi connectivity index (χ2n) is 7.60. The number of hydrogen-bond acceptors (Lipinski definition) is 1. The lowest BCUT2D eigenvalue weighted by Gasteiger charge is -2.14. The van der Waals surface area contributed by atoms with Gasteiger partial charge in [-0.2, -0.15) is 0 Å². The van der Waals surface area contributed by atoms with E-state index in [9.17, 15) is 5.11 Å². The van der Waals surface area contributed by atoms with Gasteiger partial charge in [0.05, 0.1) is 0 Å². The maximum absolute atomic E-state index is 10.2. The Kier molecular flexibility index (Phi) is 5.18. The molecule has 0 aliphatic rings. The van der Waals surface area contributed by atoms with Gasteiger partial charge in [0.1, 0.15) is 5.75 Å². The second kappa shape index (κ2) is 7.37. The van der Waals surface area contributed by atoms with Crippen molar-refractivity contribution in [1.82, 2.24) is 0 Å². The van der Waals surface area contributed by atoms with E-state index in [-0.39, 0.29) is 0 Å². The molecule has 0 amide bonds. The monoisotopic (exact) mass is 344 g/mol. The highest BCUT2D eigenvalue weighted by atomic mass is 16.3. The fourth-order valence-electron chi connectivity index (χ4n) is 3.51. The van der Waals surface area contributed by atoms with Gasteiger partial charge in [-0.15, -0.1) is 0 Å². The molecule has 3 aromatic carbocycles. The summed E-state index contributed by atoms with van der Waals surface area (Å²) < 4.78 is 0. The summed E-state index contributed by atoms with van der Waals surface area (Å²) in [6.07, 6.45) is 1.70. The highest BCUT2D eigenvalue weighted by molar-refractivity contribution is 5.45. The van der Waals surface area contributed by atoms with Crippen LogP contribution in [-0.4, -0.2) is 5.11 Å². The maximum Gasteiger partial charge on any atom is 0.119 e. The first-order valence-electron chi connectivity index (χ1n) is 9.27. The first kappa shape index (κ1) is 18.3. The largest absolute Gasteiger partial charge is 0.508 e. The SMILES string of the molecule is Cc1ccc(O)c(Cc2cc(Cc3ccc(C)c(C)c3)cc(C)c2C)c1. The molecule has 0 radical (unpaired) electrons. The van der Waals surface area contributed by atoms with Gasteiger partial charge in [-0.3, -0.25) is 0 Å². The summed E-state index contributed by atoms with van der Waals surface area (Å²) in [5, 5.41) is 10.2. The van der Waals surface area contributed by atoms with Crippen LogP contribution < -0.4 is 0 Å². The number of benzene rings is 3. The molecule has 3 aromatic rings. The summed E-state index contributed by atoms with van der Waals surface area (Å²) >= 11 is 0. The number of hydrogen-bond donors (Lipinski definition) is 1. The zero-order valence-corrected chi connectivity index (χ0v) is 16.5. The van der Waals surface area contributed by atoms with E-state index in [4.69, 9.17) is 0 Å². The Morgan fingerprint density at radius 1 is 0.615 bits per heavy atom. The van der Waals surface area contributed by atoms with Gasteiger partial charge >= 0.3 is 0 Å². The van der Waals surface area contributed by atoms with Gasteiger partial charge in [0, 0.05) is 6.42 Å². The van der Waals surface area contributed by atoms with Crippen molar-refractivity contribution in [3.8, 4) is 5.75 Å². The molecule has 0 aliphatic heterocycles. The third-order valence-electron chi connectivity index (χ3n) is 5.43. The molecule has 0 unspecified atom stereocenters. The normalized spacial score (nSPS) is 11.0. The van der Waals surface area contributed by atoms with Gasteiger partial charge < -0.3 is 5.11 Å². The summed E-state index contributed by atoms with van der Waals surface area (Å²) in [7, 11) is 0. The van der Waals surface area contributed by atoms with E-state index in [1.165, 1.54) is 44.5 Å². The van der Waals surface area contributed by atoms with Crippen molar-refractivity contribution in [2.45, 2.75) is 47.5 Å². The minimum Gasteiger partial charge on any atom is -0.508 e. The van der Waals surface area contributed by atoms with Crippen molar-refractivity contribution in [3.05, 3.63) is 98.6 Å². The smallest absolute Gasteiger partial charge is 0.119 e. The fraction of sp³-hybridized carbons (Fsp3) is 0.280. The van der Waals surface area contributed by atoms with Gasteiger partial charge in [0.2, 0.25) is 0 Å². The summed E-state index contributed by atoms with van der Waals surface area (Å²) in [6, 6.07) is 17.2. The molecule has 0 atom stereocenters. The molecule has 0 bridgehead atoms. The lowest BCUT2D eigenvalue weighted by molar-refractivity contribution is 0.469. The van der Waals surface area contributed by atoms with E-state index in [0.29, 0.717) is 5.75 Å². The Labute approximate surface area is 157 Å². The van der Waals surface area contributed by atoms with Crippen LogP contribution >= 0.6 is 0 Å². The van der Waals surface area contributed by atoms with Crippen molar-refractivity contribution in [3.63, 3.8) is 0 Å². The third-order valence-corrected chi connectivity index (χ3v) is 5.43. The fourth-order valence-corrected chi connectivity index (χ4v) is 3.51. The van der Waals surface area contributed by atoms with E-state index < -0.39 is 0 Å². The van der Waals surface area contributed by atoms with Crippen LogP contribution in [0.25, 0.3) is 0 Å². The maximum atomic E-state index is 10.2. The molecule has 3 rings (SSSR count). The first-order chi connectivity index (χ1) is 12.3. The predicted molar refractivity (Wildman–Crippen MR) is 110 cm³/mol. The van der Waals surface area contributed by atoms with Gasteiger partial charge in [0.15, 0.2) is 0 Å². The summed E-state index contributed by atoms with van der Waals surface area (Å²) in [6.45, 7) is 10.8. The topological polar surface area (TPSA) is 20.2 Å². The van der Waals surface area contributed by atoms with E-state index in [2.05, 4.69) is 71.0 Å². The first-order valence-corrected chi connectivity index (χ1v) is 9.27. The molecule has 0 fully saturated rings. The Morgan fingerprint density at radius 3 is 2.08 bits per heavy atom. The molecule has 0 spiro atoms. The average molecular weight is 344 g/mol. The van der Waals surface area contributed by atoms with E-state index in [0.717, 1.165) is 18.4 Å². The van der Waals surface area contributed by atoms with E-state index in [1.54, 1.807) is 6.07 Å².